The van der Waals surface area contributed by atoms with Gasteiger partial charge >= 0.3 is 5.97 Å². The summed E-state index contributed by atoms with van der Waals surface area (Å²) in [7, 11) is 0. The number of halogens is 1. The molecule has 2 rings (SSSR count). The Labute approximate surface area is 124 Å². The Morgan fingerprint density at radius 3 is 2.80 bits per heavy atom. The zero-order valence-electron chi connectivity index (χ0n) is 11.8. The van der Waals surface area contributed by atoms with E-state index < -0.39 is 5.97 Å². The third-order valence-electron chi connectivity index (χ3n) is 4.07. The van der Waals surface area contributed by atoms with E-state index >= 15 is 0 Å². The summed E-state index contributed by atoms with van der Waals surface area (Å²) in [4.78, 5) is 13.0. The molecule has 4 heteroatoms. The standard InChI is InChI=1S/C16H20ClNO2/c1-11-8-9-18(10-12(11)2)16-13(6-7-15(19)20)4-3-5-14(16)17/h3-7,11-12H,8-10H2,1-2H3,(H,19,20)/b7-6+. The molecule has 0 aromatic heterocycles. The number of carboxylic acid groups (broad SMARTS) is 1. The van der Waals surface area contributed by atoms with Crippen LogP contribution in [0.2, 0.25) is 5.02 Å². The van der Waals surface area contributed by atoms with Gasteiger partial charge in [0.2, 0.25) is 0 Å². The van der Waals surface area contributed by atoms with Crippen LogP contribution in [0, 0.1) is 11.8 Å². The Morgan fingerprint density at radius 2 is 2.15 bits per heavy atom. The number of para-hydroxylation sites is 1. The molecule has 1 aliphatic heterocycles. The highest BCUT2D eigenvalue weighted by molar-refractivity contribution is 6.33. The van der Waals surface area contributed by atoms with Crippen LogP contribution in [0.5, 0.6) is 0 Å². The average molecular weight is 294 g/mol. The lowest BCUT2D eigenvalue weighted by atomic mass is 9.88. The molecule has 1 fully saturated rings. The number of carboxylic acids is 1. The molecule has 1 heterocycles. The Bertz CT molecular complexity index is 527. The smallest absolute Gasteiger partial charge is 0.328 e. The van der Waals surface area contributed by atoms with E-state index in [4.69, 9.17) is 16.7 Å². The number of carbonyl (C=O) groups is 1. The van der Waals surface area contributed by atoms with Crippen LogP contribution in [0.1, 0.15) is 25.8 Å². The number of benzene rings is 1. The van der Waals surface area contributed by atoms with Gasteiger partial charge in [-0.25, -0.2) is 4.79 Å². The maximum atomic E-state index is 10.7. The highest BCUT2D eigenvalue weighted by Crippen LogP contribution is 2.35. The maximum Gasteiger partial charge on any atom is 0.328 e. The molecule has 1 N–H and O–H groups in total. The lowest BCUT2D eigenvalue weighted by Crippen LogP contribution is -2.38. The molecule has 2 atom stereocenters. The predicted octanol–water partition coefficient (Wildman–Crippen LogP) is 3.92. The Balaban J connectivity index is 2.32. The second kappa shape index (κ2) is 6.31. The highest BCUT2D eigenvalue weighted by atomic mass is 35.5. The van der Waals surface area contributed by atoms with Crippen LogP contribution in [-0.2, 0) is 4.79 Å². The van der Waals surface area contributed by atoms with Gasteiger partial charge in [-0.2, -0.15) is 0 Å². The third-order valence-corrected chi connectivity index (χ3v) is 4.38. The van der Waals surface area contributed by atoms with Crippen molar-refractivity contribution >= 4 is 29.3 Å². The summed E-state index contributed by atoms with van der Waals surface area (Å²) < 4.78 is 0. The van der Waals surface area contributed by atoms with Crippen LogP contribution in [0.4, 0.5) is 5.69 Å². The molecule has 0 bridgehead atoms. The van der Waals surface area contributed by atoms with Crippen molar-refractivity contribution in [2.75, 3.05) is 18.0 Å². The minimum absolute atomic E-state index is 0.608. The molecule has 0 aliphatic carbocycles. The average Bonchev–Trinajstić information content (AvgIpc) is 2.40. The van der Waals surface area contributed by atoms with Gasteiger partial charge in [-0.05, 0) is 36.0 Å². The summed E-state index contributed by atoms with van der Waals surface area (Å²) in [5, 5.41) is 9.47. The van der Waals surface area contributed by atoms with Crippen molar-refractivity contribution in [2.45, 2.75) is 20.3 Å². The Hall–Kier alpha value is -1.48. The van der Waals surface area contributed by atoms with Crippen molar-refractivity contribution < 1.29 is 9.90 Å². The second-order valence-electron chi connectivity index (χ2n) is 5.54. The summed E-state index contributed by atoms with van der Waals surface area (Å²) in [6, 6.07) is 5.62. The number of nitrogens with zero attached hydrogens (tertiary/aromatic N) is 1. The van der Waals surface area contributed by atoms with E-state index in [1.807, 2.05) is 18.2 Å². The van der Waals surface area contributed by atoms with Crippen molar-refractivity contribution in [1.29, 1.82) is 0 Å². The van der Waals surface area contributed by atoms with E-state index in [1.54, 1.807) is 6.08 Å². The molecule has 0 spiro atoms. The summed E-state index contributed by atoms with van der Waals surface area (Å²) in [6.07, 6.45) is 3.91. The molecule has 0 radical (unpaired) electrons. The number of hydrogen-bond acceptors (Lipinski definition) is 2. The molecular weight excluding hydrogens is 274 g/mol. The zero-order valence-corrected chi connectivity index (χ0v) is 12.6. The minimum Gasteiger partial charge on any atom is -0.478 e. The molecular formula is C16H20ClNO2. The number of rotatable bonds is 3. The fraction of sp³-hybridized carbons (Fsp3) is 0.438. The van der Waals surface area contributed by atoms with Gasteiger partial charge in [-0.15, -0.1) is 0 Å². The van der Waals surface area contributed by atoms with Crippen molar-refractivity contribution in [3.63, 3.8) is 0 Å². The van der Waals surface area contributed by atoms with Crippen LogP contribution in [-0.4, -0.2) is 24.2 Å². The van der Waals surface area contributed by atoms with Gasteiger partial charge in [0.1, 0.15) is 0 Å². The fourth-order valence-electron chi connectivity index (χ4n) is 2.63. The van der Waals surface area contributed by atoms with Gasteiger partial charge < -0.3 is 10.0 Å². The van der Waals surface area contributed by atoms with Crippen molar-refractivity contribution in [2.24, 2.45) is 11.8 Å². The summed E-state index contributed by atoms with van der Waals surface area (Å²) in [5.74, 6) is 0.375. The molecule has 3 nitrogen and oxygen atoms in total. The number of aliphatic carboxylic acids is 1. The quantitative estimate of drug-likeness (QED) is 0.859. The normalized spacial score (nSPS) is 23.2. The largest absolute Gasteiger partial charge is 0.478 e. The van der Waals surface area contributed by atoms with Crippen LogP contribution in [0.15, 0.2) is 24.3 Å². The van der Waals surface area contributed by atoms with E-state index in [2.05, 4.69) is 18.7 Å². The highest BCUT2D eigenvalue weighted by Gasteiger charge is 2.25. The van der Waals surface area contributed by atoms with Gasteiger partial charge in [-0.3, -0.25) is 0 Å². The predicted molar refractivity (Wildman–Crippen MR) is 83.3 cm³/mol. The maximum absolute atomic E-state index is 10.7. The number of piperidine rings is 1. The summed E-state index contributed by atoms with van der Waals surface area (Å²) in [6.45, 7) is 6.45. The second-order valence-corrected chi connectivity index (χ2v) is 5.95. The van der Waals surface area contributed by atoms with Crippen LogP contribution in [0.25, 0.3) is 6.08 Å². The molecule has 1 aromatic carbocycles. The SMILES string of the molecule is CC1CCN(c2c(Cl)cccc2/C=C/C(=O)O)CC1C. The fourth-order valence-corrected chi connectivity index (χ4v) is 2.93. The molecule has 2 unspecified atom stereocenters. The van der Waals surface area contributed by atoms with Crippen LogP contribution < -0.4 is 4.90 Å². The third kappa shape index (κ3) is 3.34. The molecule has 0 amide bonds. The van der Waals surface area contributed by atoms with Crippen LogP contribution >= 0.6 is 11.6 Å². The lowest BCUT2D eigenvalue weighted by molar-refractivity contribution is -0.131. The number of anilines is 1. The van der Waals surface area contributed by atoms with Gasteiger partial charge in [0.05, 0.1) is 10.7 Å². The molecule has 1 aromatic rings. The monoisotopic (exact) mass is 293 g/mol. The van der Waals surface area contributed by atoms with Gasteiger partial charge in [0.15, 0.2) is 0 Å². The van der Waals surface area contributed by atoms with Crippen molar-refractivity contribution in [3.05, 3.63) is 34.9 Å². The summed E-state index contributed by atoms with van der Waals surface area (Å²) >= 11 is 6.34. The van der Waals surface area contributed by atoms with Crippen molar-refractivity contribution in [3.8, 4) is 0 Å². The first-order valence-corrected chi connectivity index (χ1v) is 7.31. The van der Waals surface area contributed by atoms with Gasteiger partial charge in [-0.1, -0.05) is 37.6 Å². The topological polar surface area (TPSA) is 40.5 Å². The van der Waals surface area contributed by atoms with Crippen molar-refractivity contribution in [1.82, 2.24) is 0 Å². The van der Waals surface area contributed by atoms with Gasteiger partial charge in [0, 0.05) is 19.2 Å². The van der Waals surface area contributed by atoms with E-state index in [1.165, 1.54) is 0 Å². The van der Waals surface area contributed by atoms with E-state index in [9.17, 15) is 4.79 Å². The molecule has 1 saturated heterocycles. The van der Waals surface area contributed by atoms with E-state index in [-0.39, 0.29) is 0 Å². The first kappa shape index (κ1) is 14.9. The first-order valence-electron chi connectivity index (χ1n) is 6.93. The molecule has 1 aliphatic rings. The summed E-state index contributed by atoms with van der Waals surface area (Å²) in [5.41, 5.74) is 1.81. The molecule has 20 heavy (non-hydrogen) atoms. The Kier molecular flexibility index (Phi) is 4.71. The van der Waals surface area contributed by atoms with E-state index in [0.717, 1.165) is 36.8 Å². The zero-order chi connectivity index (χ0) is 14.7. The lowest BCUT2D eigenvalue weighted by Gasteiger charge is -2.38. The minimum atomic E-state index is -0.948. The molecule has 108 valence electrons. The van der Waals surface area contributed by atoms with Crippen LogP contribution in [0.3, 0.4) is 0 Å². The van der Waals surface area contributed by atoms with Gasteiger partial charge in [0.25, 0.3) is 0 Å². The van der Waals surface area contributed by atoms with E-state index in [0.29, 0.717) is 16.9 Å². The first-order chi connectivity index (χ1) is 9.49. The Morgan fingerprint density at radius 1 is 1.40 bits per heavy atom. The number of hydrogen-bond donors (Lipinski definition) is 1. The molecule has 0 saturated carbocycles.